The monoisotopic (exact) mass is 296 g/mol. The molecule has 0 fully saturated rings. The highest BCUT2D eigenvalue weighted by Crippen LogP contribution is 2.08. The molecule has 0 saturated heterocycles. The van der Waals surface area contributed by atoms with Gasteiger partial charge < -0.3 is 0 Å². The Morgan fingerprint density at radius 1 is 0.944 bits per heavy atom. The Labute approximate surface area is 105 Å². The minimum atomic E-state index is -4.47. The molecule has 0 aliphatic rings. The first-order valence-corrected chi connectivity index (χ1v) is 7.57. The molecule has 0 bridgehead atoms. The lowest BCUT2D eigenvalue weighted by Gasteiger charge is -2.05. The summed E-state index contributed by atoms with van der Waals surface area (Å²) in [6, 6.07) is 6.19. The smallest absolute Gasteiger partial charge is 0.294 e. The first kappa shape index (κ1) is 15.1. The second-order valence-corrected chi connectivity index (χ2v) is 5.84. The van der Waals surface area contributed by atoms with Gasteiger partial charge in [0, 0.05) is 5.87 Å². The van der Waals surface area contributed by atoms with E-state index in [0.29, 0.717) is 11.1 Å². The Hall–Kier alpha value is -0.970. The summed E-state index contributed by atoms with van der Waals surface area (Å²) in [6.07, 6.45) is 0. The Kier molecular flexibility index (Phi) is 4.85. The van der Waals surface area contributed by atoms with Gasteiger partial charge >= 0.3 is 10.4 Å². The van der Waals surface area contributed by atoms with Crippen molar-refractivity contribution in [3.63, 3.8) is 0 Å². The SMILES string of the molecule is C=S(=O)(O)OCc1ccc(COS(=O)(=O)O)cc1. The molecule has 0 heterocycles. The quantitative estimate of drug-likeness (QED) is 0.585. The van der Waals surface area contributed by atoms with E-state index in [-0.39, 0.29) is 13.2 Å². The summed E-state index contributed by atoms with van der Waals surface area (Å²) in [4.78, 5) is 0. The molecule has 0 aliphatic carbocycles. The van der Waals surface area contributed by atoms with Crippen molar-refractivity contribution < 1.29 is 30.1 Å². The van der Waals surface area contributed by atoms with Gasteiger partial charge in [-0.25, -0.2) is 8.39 Å². The molecule has 0 aromatic heterocycles. The average molecular weight is 296 g/mol. The lowest BCUT2D eigenvalue weighted by molar-refractivity contribution is 0.259. The molecule has 1 rings (SSSR count). The van der Waals surface area contributed by atoms with Crippen LogP contribution >= 0.6 is 0 Å². The zero-order valence-corrected chi connectivity index (χ0v) is 10.8. The molecule has 18 heavy (non-hydrogen) atoms. The third-order valence-corrected chi connectivity index (χ3v) is 2.71. The van der Waals surface area contributed by atoms with E-state index >= 15 is 0 Å². The maximum atomic E-state index is 10.7. The second-order valence-electron chi connectivity index (χ2n) is 3.35. The summed E-state index contributed by atoms with van der Waals surface area (Å²) >= 11 is 0. The highest BCUT2D eigenvalue weighted by molar-refractivity contribution is 7.90. The Morgan fingerprint density at radius 3 is 1.67 bits per heavy atom. The van der Waals surface area contributed by atoms with Crippen LogP contribution in [0.2, 0.25) is 0 Å². The zero-order valence-electron chi connectivity index (χ0n) is 9.18. The fraction of sp³-hybridized carbons (Fsp3) is 0.222. The maximum Gasteiger partial charge on any atom is 0.397 e. The lowest BCUT2D eigenvalue weighted by atomic mass is 10.1. The van der Waals surface area contributed by atoms with E-state index in [9.17, 15) is 12.6 Å². The molecule has 0 spiro atoms. The van der Waals surface area contributed by atoms with Crippen LogP contribution in [-0.2, 0) is 42.1 Å². The molecule has 1 unspecified atom stereocenters. The van der Waals surface area contributed by atoms with E-state index in [1.165, 1.54) is 12.1 Å². The van der Waals surface area contributed by atoms with Crippen LogP contribution in [0.1, 0.15) is 11.1 Å². The van der Waals surface area contributed by atoms with Crippen LogP contribution in [-0.4, -0.2) is 27.6 Å². The van der Waals surface area contributed by atoms with E-state index in [1.54, 1.807) is 12.1 Å². The van der Waals surface area contributed by atoms with Gasteiger partial charge in [-0.1, -0.05) is 24.3 Å². The van der Waals surface area contributed by atoms with Gasteiger partial charge in [-0.3, -0.25) is 13.3 Å². The molecular weight excluding hydrogens is 284 g/mol. The van der Waals surface area contributed by atoms with Gasteiger partial charge in [-0.2, -0.15) is 8.42 Å². The molecule has 1 atom stereocenters. The van der Waals surface area contributed by atoms with E-state index in [2.05, 4.69) is 14.2 Å². The standard InChI is InChI=1S/C9H12O7S2/c1-17(10,11)15-6-8-2-4-9(5-3-8)7-16-18(12,13)14/h2-5H,1,6-7H2,(H,10,11)(H,12,13,14). The van der Waals surface area contributed by atoms with Crippen molar-refractivity contribution in [2.45, 2.75) is 13.2 Å². The van der Waals surface area contributed by atoms with Crippen molar-refractivity contribution in [3.8, 4) is 0 Å². The summed E-state index contributed by atoms with van der Waals surface area (Å²) in [5.74, 6) is 2.91. The van der Waals surface area contributed by atoms with Crippen molar-refractivity contribution in [2.75, 3.05) is 0 Å². The minimum Gasteiger partial charge on any atom is -0.294 e. The topological polar surface area (TPSA) is 110 Å². The van der Waals surface area contributed by atoms with Crippen molar-refractivity contribution >= 4 is 26.4 Å². The minimum absolute atomic E-state index is 0.0989. The number of hydrogen-bond donors (Lipinski definition) is 2. The molecule has 0 amide bonds. The maximum absolute atomic E-state index is 10.7. The molecular formula is C9H12O7S2. The van der Waals surface area contributed by atoms with E-state index < -0.39 is 20.5 Å². The summed E-state index contributed by atoms with van der Waals surface area (Å²) in [5, 5.41) is 0. The molecule has 7 nitrogen and oxygen atoms in total. The number of benzene rings is 1. The molecule has 0 saturated carbocycles. The van der Waals surface area contributed by atoms with Crippen molar-refractivity contribution in [1.29, 1.82) is 0 Å². The van der Waals surface area contributed by atoms with Gasteiger partial charge in [-0.15, -0.1) is 0 Å². The van der Waals surface area contributed by atoms with Crippen LogP contribution in [0.15, 0.2) is 24.3 Å². The predicted octanol–water partition coefficient (Wildman–Crippen LogP) is 0.627. The van der Waals surface area contributed by atoms with E-state index in [0.717, 1.165) is 0 Å². The van der Waals surface area contributed by atoms with Crippen LogP contribution in [0.25, 0.3) is 0 Å². The third kappa shape index (κ3) is 6.69. The van der Waals surface area contributed by atoms with Gasteiger partial charge in [0.05, 0.1) is 13.2 Å². The van der Waals surface area contributed by atoms with Crippen LogP contribution in [0.5, 0.6) is 0 Å². The highest BCUT2D eigenvalue weighted by atomic mass is 32.3. The largest absolute Gasteiger partial charge is 0.397 e. The van der Waals surface area contributed by atoms with Gasteiger partial charge in [0.25, 0.3) is 0 Å². The third-order valence-electron chi connectivity index (χ3n) is 1.81. The molecule has 0 radical (unpaired) electrons. The van der Waals surface area contributed by atoms with Crippen LogP contribution < -0.4 is 0 Å². The summed E-state index contributed by atoms with van der Waals surface area (Å²) in [7, 11) is -7.97. The van der Waals surface area contributed by atoms with Crippen molar-refractivity contribution in [3.05, 3.63) is 35.4 Å². The fourth-order valence-corrected chi connectivity index (χ4v) is 1.64. The van der Waals surface area contributed by atoms with Crippen LogP contribution in [0.3, 0.4) is 0 Å². The highest BCUT2D eigenvalue weighted by Gasteiger charge is 2.05. The molecule has 2 N–H and O–H groups in total. The molecule has 9 heteroatoms. The normalized spacial score (nSPS) is 15.2. The number of rotatable bonds is 6. The van der Waals surface area contributed by atoms with Gasteiger partial charge in [0.2, 0.25) is 0 Å². The number of hydrogen-bond acceptors (Lipinski definition) is 5. The van der Waals surface area contributed by atoms with Crippen molar-refractivity contribution in [2.24, 2.45) is 0 Å². The first-order chi connectivity index (χ1) is 8.16. The predicted molar refractivity (Wildman–Crippen MR) is 65.5 cm³/mol. The van der Waals surface area contributed by atoms with Gasteiger partial charge in [0.1, 0.15) is 0 Å². The Balaban J connectivity index is 2.58. The summed E-state index contributed by atoms with van der Waals surface area (Å²) < 4.78 is 57.3. The van der Waals surface area contributed by atoms with Crippen LogP contribution in [0, 0.1) is 0 Å². The average Bonchev–Trinajstić information content (AvgIpc) is 2.23. The summed E-state index contributed by atoms with van der Waals surface area (Å²) in [6.45, 7) is -0.398. The molecule has 1 aromatic carbocycles. The Morgan fingerprint density at radius 2 is 1.33 bits per heavy atom. The first-order valence-electron chi connectivity index (χ1n) is 4.59. The fourth-order valence-electron chi connectivity index (χ4n) is 1.03. The second kappa shape index (κ2) is 5.78. The van der Waals surface area contributed by atoms with Crippen molar-refractivity contribution in [1.82, 2.24) is 0 Å². The van der Waals surface area contributed by atoms with Gasteiger partial charge in [-0.05, 0) is 11.1 Å². The molecule has 102 valence electrons. The van der Waals surface area contributed by atoms with Gasteiger partial charge in [0.15, 0.2) is 10.1 Å². The van der Waals surface area contributed by atoms with Crippen LogP contribution in [0.4, 0.5) is 0 Å². The Bertz CT molecular complexity index is 531. The zero-order chi connectivity index (χ0) is 13.8. The summed E-state index contributed by atoms with van der Waals surface area (Å²) in [5.41, 5.74) is 1.12. The lowest BCUT2D eigenvalue weighted by Crippen LogP contribution is -2.04. The van der Waals surface area contributed by atoms with E-state index in [1.807, 2.05) is 0 Å². The molecule has 0 aliphatic heterocycles. The van der Waals surface area contributed by atoms with E-state index in [4.69, 9.17) is 9.11 Å². The molecule has 1 aromatic rings.